The highest BCUT2D eigenvalue weighted by Crippen LogP contribution is 2.19. The molecule has 0 bridgehead atoms. The van der Waals surface area contributed by atoms with E-state index in [1.165, 1.54) is 11.8 Å². The van der Waals surface area contributed by atoms with Crippen LogP contribution in [-0.4, -0.2) is 82.7 Å². The van der Waals surface area contributed by atoms with Gasteiger partial charge in [-0.3, -0.25) is 19.2 Å². The Hall–Kier alpha value is -3.80. The maximum atomic E-state index is 13.3. The summed E-state index contributed by atoms with van der Waals surface area (Å²) in [5.41, 5.74) is 0.774. The van der Waals surface area contributed by atoms with Crippen molar-refractivity contribution in [3.63, 3.8) is 0 Å². The van der Waals surface area contributed by atoms with Crippen molar-refractivity contribution < 1.29 is 23.9 Å². The van der Waals surface area contributed by atoms with Crippen molar-refractivity contribution >= 4 is 23.6 Å². The fraction of sp³-hybridized carbons (Fsp3) is 0.556. The molecule has 4 amide bonds. The van der Waals surface area contributed by atoms with Crippen LogP contribution < -0.4 is 16.0 Å². The third kappa shape index (κ3) is 8.88. The molecule has 39 heavy (non-hydrogen) atoms. The Labute approximate surface area is 228 Å². The molecule has 0 unspecified atom stereocenters. The maximum Gasteiger partial charge on any atom is 0.248 e. The molecule has 1 aliphatic rings. The standard InChI is InChI=1S/C27H39N7O5/c1-18(2)15-21-27(38)29-19(3)26-31-25(20-9-6-5-7-10-20)32-34(26)16-23(36)28-12-14-33(24(37)17-39-4)13-8-11-22(35)30-21/h5-7,9-10,18-19,21H,8,11-17H2,1-4H3,(H,28,36)(H,29,38)(H,30,35)/t19-,21+/m0/s1. The van der Waals surface area contributed by atoms with Gasteiger partial charge in [-0.05, 0) is 25.7 Å². The van der Waals surface area contributed by atoms with Crippen molar-refractivity contribution in [2.24, 2.45) is 5.92 Å². The fourth-order valence-corrected chi connectivity index (χ4v) is 4.38. The van der Waals surface area contributed by atoms with Crippen LogP contribution in [0.4, 0.5) is 0 Å². The Morgan fingerprint density at radius 2 is 1.85 bits per heavy atom. The van der Waals surface area contributed by atoms with Crippen LogP contribution in [0.5, 0.6) is 0 Å². The molecule has 1 aromatic heterocycles. The molecule has 0 saturated heterocycles. The number of hydrogen-bond acceptors (Lipinski definition) is 7. The van der Waals surface area contributed by atoms with E-state index in [0.29, 0.717) is 31.0 Å². The molecule has 2 atom stereocenters. The molecule has 3 rings (SSSR count). The van der Waals surface area contributed by atoms with E-state index in [4.69, 9.17) is 4.74 Å². The number of carbonyl (C=O) groups excluding carboxylic acids is 4. The van der Waals surface area contributed by atoms with Gasteiger partial charge in [0.2, 0.25) is 23.6 Å². The molecular formula is C27H39N7O5. The van der Waals surface area contributed by atoms with Crippen molar-refractivity contribution in [2.75, 3.05) is 33.4 Å². The zero-order chi connectivity index (χ0) is 28.4. The van der Waals surface area contributed by atoms with Gasteiger partial charge in [0.25, 0.3) is 0 Å². The van der Waals surface area contributed by atoms with Crippen molar-refractivity contribution in [2.45, 2.75) is 58.7 Å². The van der Waals surface area contributed by atoms with Gasteiger partial charge in [0.05, 0.1) is 6.04 Å². The van der Waals surface area contributed by atoms with Gasteiger partial charge in [-0.2, -0.15) is 5.10 Å². The third-order valence-corrected chi connectivity index (χ3v) is 6.29. The lowest BCUT2D eigenvalue weighted by molar-refractivity contribution is -0.136. The van der Waals surface area contributed by atoms with E-state index < -0.39 is 12.1 Å². The highest BCUT2D eigenvalue weighted by atomic mass is 16.5. The lowest BCUT2D eigenvalue weighted by atomic mass is 10.0. The number of ether oxygens (including phenoxy) is 1. The second kappa shape index (κ2) is 14.4. The van der Waals surface area contributed by atoms with E-state index >= 15 is 0 Å². The summed E-state index contributed by atoms with van der Waals surface area (Å²) in [7, 11) is 1.44. The Morgan fingerprint density at radius 1 is 1.10 bits per heavy atom. The molecule has 0 spiro atoms. The summed E-state index contributed by atoms with van der Waals surface area (Å²) in [6.07, 6.45) is 1.01. The topological polar surface area (TPSA) is 148 Å². The predicted molar refractivity (Wildman–Crippen MR) is 144 cm³/mol. The van der Waals surface area contributed by atoms with E-state index in [9.17, 15) is 19.2 Å². The van der Waals surface area contributed by atoms with Gasteiger partial charge in [-0.25, -0.2) is 9.67 Å². The van der Waals surface area contributed by atoms with Gasteiger partial charge in [0, 0.05) is 38.7 Å². The van der Waals surface area contributed by atoms with E-state index in [-0.39, 0.29) is 62.2 Å². The number of rotatable bonds is 5. The third-order valence-electron chi connectivity index (χ3n) is 6.29. The molecule has 3 N–H and O–H groups in total. The summed E-state index contributed by atoms with van der Waals surface area (Å²) >= 11 is 0. The number of nitrogens with one attached hydrogen (secondary N) is 3. The maximum absolute atomic E-state index is 13.3. The number of hydrogen-bond donors (Lipinski definition) is 3. The van der Waals surface area contributed by atoms with Crippen LogP contribution in [0.25, 0.3) is 11.4 Å². The van der Waals surface area contributed by atoms with Crippen LogP contribution in [0.1, 0.15) is 51.9 Å². The largest absolute Gasteiger partial charge is 0.375 e. The van der Waals surface area contributed by atoms with Gasteiger partial charge in [0.15, 0.2) is 5.82 Å². The molecule has 12 heteroatoms. The minimum absolute atomic E-state index is 0.0980. The number of benzene rings is 1. The number of amides is 4. The van der Waals surface area contributed by atoms with E-state index in [2.05, 4.69) is 26.0 Å². The highest BCUT2D eigenvalue weighted by molar-refractivity contribution is 5.88. The predicted octanol–water partition coefficient (Wildman–Crippen LogP) is 1.04. The summed E-state index contributed by atoms with van der Waals surface area (Å²) in [5.74, 6) is -0.157. The lowest BCUT2D eigenvalue weighted by Crippen LogP contribution is -2.48. The second-order valence-electron chi connectivity index (χ2n) is 10.1. The van der Waals surface area contributed by atoms with Gasteiger partial charge in [0.1, 0.15) is 25.0 Å². The van der Waals surface area contributed by atoms with Crippen molar-refractivity contribution in [1.82, 2.24) is 35.6 Å². The first kappa shape index (κ1) is 29.8. The SMILES string of the molecule is COCC(=O)N1CCCC(=O)N[C@H](CC(C)C)C(=O)N[C@@H](C)c2nc(-c3ccccc3)nn2CC(=O)NCC1. The van der Waals surface area contributed by atoms with Crippen LogP contribution in [0.15, 0.2) is 30.3 Å². The smallest absolute Gasteiger partial charge is 0.248 e. The van der Waals surface area contributed by atoms with Crippen molar-refractivity contribution in [1.29, 1.82) is 0 Å². The molecule has 0 aliphatic carbocycles. The van der Waals surface area contributed by atoms with Crippen molar-refractivity contribution in [3.8, 4) is 11.4 Å². The Kier molecular flexibility index (Phi) is 11.0. The first-order valence-corrected chi connectivity index (χ1v) is 13.3. The van der Waals surface area contributed by atoms with E-state index in [1.807, 2.05) is 44.2 Å². The monoisotopic (exact) mass is 541 g/mol. The molecule has 0 fully saturated rings. The summed E-state index contributed by atoms with van der Waals surface area (Å²) in [6, 6.07) is 8.03. The molecule has 1 aliphatic heterocycles. The Bertz CT molecular complexity index is 1130. The molecule has 2 aromatic rings. The Morgan fingerprint density at radius 3 is 2.54 bits per heavy atom. The molecule has 2 heterocycles. The molecule has 0 radical (unpaired) electrons. The summed E-state index contributed by atoms with van der Waals surface area (Å²) in [6.45, 7) is 6.31. The minimum Gasteiger partial charge on any atom is -0.375 e. The van der Waals surface area contributed by atoms with Crippen molar-refractivity contribution in [3.05, 3.63) is 36.2 Å². The summed E-state index contributed by atoms with van der Waals surface area (Å²) in [4.78, 5) is 57.6. The van der Waals surface area contributed by atoms with E-state index in [1.54, 1.807) is 11.8 Å². The first-order valence-electron chi connectivity index (χ1n) is 13.3. The number of methoxy groups -OCH3 is 1. The normalized spacial score (nSPS) is 20.0. The fourth-order valence-electron chi connectivity index (χ4n) is 4.38. The van der Waals surface area contributed by atoms with Crippen LogP contribution in [0.3, 0.4) is 0 Å². The number of carbonyl (C=O) groups is 4. The lowest BCUT2D eigenvalue weighted by Gasteiger charge is -2.23. The summed E-state index contributed by atoms with van der Waals surface area (Å²) < 4.78 is 6.46. The number of nitrogens with zero attached hydrogens (tertiary/aromatic N) is 4. The quantitative estimate of drug-likeness (QED) is 0.512. The van der Waals surface area contributed by atoms with Gasteiger partial charge in [-0.15, -0.1) is 0 Å². The molecular weight excluding hydrogens is 502 g/mol. The van der Waals surface area contributed by atoms with Crippen LogP contribution >= 0.6 is 0 Å². The zero-order valence-electron chi connectivity index (χ0n) is 23.1. The summed E-state index contributed by atoms with van der Waals surface area (Å²) in [5, 5.41) is 13.2. The van der Waals surface area contributed by atoms with Gasteiger partial charge >= 0.3 is 0 Å². The van der Waals surface area contributed by atoms with Gasteiger partial charge in [-0.1, -0.05) is 44.2 Å². The molecule has 212 valence electrons. The number of fused-ring (bicyclic) bond motifs is 1. The first-order chi connectivity index (χ1) is 18.7. The minimum atomic E-state index is -0.741. The Balaban J connectivity index is 1.91. The van der Waals surface area contributed by atoms with Crippen LogP contribution in [0.2, 0.25) is 0 Å². The second-order valence-corrected chi connectivity index (χ2v) is 10.1. The molecule has 0 saturated carbocycles. The average Bonchev–Trinajstić information content (AvgIpc) is 3.31. The van der Waals surface area contributed by atoms with Crippen LogP contribution in [0, 0.1) is 5.92 Å². The van der Waals surface area contributed by atoms with Gasteiger partial charge < -0.3 is 25.6 Å². The molecule has 12 nitrogen and oxygen atoms in total. The van der Waals surface area contributed by atoms with Crippen LogP contribution in [-0.2, 0) is 30.5 Å². The molecule has 1 aromatic carbocycles. The highest BCUT2D eigenvalue weighted by Gasteiger charge is 2.27. The number of aromatic nitrogens is 3. The zero-order valence-corrected chi connectivity index (χ0v) is 23.1. The van der Waals surface area contributed by atoms with E-state index in [0.717, 1.165) is 5.56 Å². The average molecular weight is 542 g/mol.